The number of halogens is 1. The third-order valence-electron chi connectivity index (χ3n) is 1.85. The van der Waals surface area contributed by atoms with Crippen LogP contribution < -0.4 is 10.7 Å². The maximum atomic E-state index is 4.25. The van der Waals surface area contributed by atoms with Gasteiger partial charge in [0.1, 0.15) is 0 Å². The number of allylic oxidation sites excluding steroid dienone is 1. The van der Waals surface area contributed by atoms with E-state index in [0.29, 0.717) is 0 Å². The lowest BCUT2D eigenvalue weighted by molar-refractivity contribution is 1.11. The molecule has 0 bridgehead atoms. The fourth-order valence-electron chi connectivity index (χ4n) is 1.24. The summed E-state index contributed by atoms with van der Waals surface area (Å²) in [6, 6.07) is 3.97. The Morgan fingerprint density at radius 1 is 1.46 bits per heavy atom. The number of rotatable bonds is 0. The predicted molar refractivity (Wildman–Crippen MR) is 61.0 cm³/mol. The molecule has 2 heterocycles. The van der Waals surface area contributed by atoms with E-state index in [2.05, 4.69) is 51.6 Å². The molecule has 0 radical (unpaired) electrons. The molecule has 0 aliphatic carbocycles. The van der Waals surface area contributed by atoms with Gasteiger partial charge in [-0.3, -0.25) is 0 Å². The van der Waals surface area contributed by atoms with Gasteiger partial charge in [-0.25, -0.2) is 9.98 Å². The third-order valence-corrected chi connectivity index (χ3v) is 2.52. The fourth-order valence-corrected chi connectivity index (χ4v) is 1.73. The lowest BCUT2D eigenvalue weighted by Crippen LogP contribution is -2.29. The zero-order valence-corrected chi connectivity index (χ0v) is 9.39. The van der Waals surface area contributed by atoms with E-state index >= 15 is 0 Å². The molecule has 1 aromatic heterocycles. The summed E-state index contributed by atoms with van der Waals surface area (Å²) in [5.74, 6) is 0. The van der Waals surface area contributed by atoms with Crippen LogP contribution in [0.25, 0.3) is 6.08 Å². The average Bonchev–Trinajstić information content (AvgIpc) is 2.21. The smallest absolute Gasteiger partial charge is 0.158 e. The fraction of sp³-hybridized carbons (Fsp3) is 0.200. The van der Waals surface area contributed by atoms with Gasteiger partial charge < -0.3 is 0 Å². The summed E-state index contributed by atoms with van der Waals surface area (Å²) in [5.41, 5.74) is 0.805. The van der Waals surface area contributed by atoms with Crippen LogP contribution in [0.4, 0.5) is 0 Å². The Morgan fingerprint density at radius 2 is 2.31 bits per heavy atom. The highest BCUT2D eigenvalue weighted by Gasteiger charge is 2.12. The topological polar surface area (TPSA) is 25.2 Å². The maximum absolute atomic E-state index is 4.25. The van der Waals surface area contributed by atoms with Gasteiger partial charge in [0.25, 0.3) is 0 Å². The molecule has 0 N–H and O–H groups in total. The Bertz CT molecular complexity index is 460. The minimum atomic E-state index is 0.0372. The van der Waals surface area contributed by atoms with Gasteiger partial charge >= 0.3 is 0 Å². The predicted octanol–water partition coefficient (Wildman–Crippen LogP) is 1.20. The van der Waals surface area contributed by atoms with Crippen LogP contribution in [0.1, 0.15) is 6.92 Å². The molecule has 0 saturated carbocycles. The first-order valence-corrected chi connectivity index (χ1v) is 5.14. The van der Waals surface area contributed by atoms with Crippen molar-refractivity contribution in [2.75, 3.05) is 0 Å². The minimum Gasteiger partial charge on any atom is -0.237 e. The average molecular weight is 284 g/mol. The number of aromatic nitrogens is 1. The van der Waals surface area contributed by atoms with Crippen molar-refractivity contribution in [3.63, 3.8) is 0 Å². The number of nitrogens with zero attached hydrogens (tertiary/aromatic N) is 2. The van der Waals surface area contributed by atoms with Gasteiger partial charge in [-0.1, -0.05) is 28.7 Å². The van der Waals surface area contributed by atoms with Gasteiger partial charge in [-0.2, -0.15) is 0 Å². The molecule has 1 aliphatic heterocycles. The van der Waals surface area contributed by atoms with Crippen LogP contribution in [0.2, 0.25) is 0 Å². The molecule has 0 fully saturated rings. The van der Waals surface area contributed by atoms with Gasteiger partial charge in [0.2, 0.25) is 0 Å². The number of fused-ring (bicyclic) bond motifs is 1. The largest absolute Gasteiger partial charge is 0.237 e. The first-order chi connectivity index (χ1) is 6.17. The summed E-state index contributed by atoms with van der Waals surface area (Å²) in [6.45, 7) is 2.14. The Kier molecular flexibility index (Phi) is 2.19. The standard InChI is InChI=1S/C10H9IN2/c1-10(11)4-6-13-9-8(7-10)3-2-5-12-9/h2-7H,1H3. The SMILES string of the molecule is CC1(I)C=CN=c2ncccc2=C1. The van der Waals surface area contributed by atoms with Crippen LogP contribution in [0.15, 0.2) is 35.6 Å². The van der Waals surface area contributed by atoms with E-state index in [9.17, 15) is 0 Å². The number of hydrogen-bond acceptors (Lipinski definition) is 2. The molecule has 2 nitrogen and oxygen atoms in total. The van der Waals surface area contributed by atoms with Crippen molar-refractivity contribution in [3.8, 4) is 0 Å². The van der Waals surface area contributed by atoms with E-state index in [1.165, 1.54) is 0 Å². The first kappa shape index (κ1) is 8.87. The monoisotopic (exact) mass is 284 g/mol. The van der Waals surface area contributed by atoms with Gasteiger partial charge in [0, 0.05) is 17.6 Å². The van der Waals surface area contributed by atoms with E-state index in [4.69, 9.17) is 0 Å². The second-order valence-electron chi connectivity index (χ2n) is 3.16. The lowest BCUT2D eigenvalue weighted by atomic mass is 10.1. The van der Waals surface area contributed by atoms with Crippen molar-refractivity contribution in [1.29, 1.82) is 0 Å². The van der Waals surface area contributed by atoms with Crippen LogP contribution >= 0.6 is 22.6 Å². The van der Waals surface area contributed by atoms with Crippen molar-refractivity contribution in [2.45, 2.75) is 10.3 Å². The summed E-state index contributed by atoms with van der Waals surface area (Å²) in [5, 5.41) is 1.10. The van der Waals surface area contributed by atoms with Crippen molar-refractivity contribution in [2.24, 2.45) is 4.99 Å². The van der Waals surface area contributed by atoms with Crippen molar-refractivity contribution in [3.05, 3.63) is 41.3 Å². The normalized spacial score (nSPS) is 25.4. The summed E-state index contributed by atoms with van der Waals surface area (Å²) < 4.78 is 0.0372. The summed E-state index contributed by atoms with van der Waals surface area (Å²) >= 11 is 2.38. The molecule has 1 unspecified atom stereocenters. The van der Waals surface area contributed by atoms with Gasteiger partial charge in [0.05, 0.1) is 3.42 Å². The Balaban J connectivity index is 2.77. The van der Waals surface area contributed by atoms with Gasteiger partial charge in [-0.15, -0.1) is 0 Å². The molecule has 0 saturated heterocycles. The summed E-state index contributed by atoms with van der Waals surface area (Å²) in [4.78, 5) is 8.45. The molecule has 2 rings (SSSR count). The van der Waals surface area contributed by atoms with E-state index in [1.807, 2.05) is 18.3 Å². The van der Waals surface area contributed by atoms with Crippen molar-refractivity contribution < 1.29 is 0 Å². The highest BCUT2D eigenvalue weighted by molar-refractivity contribution is 14.1. The van der Waals surface area contributed by atoms with Crippen LogP contribution in [-0.4, -0.2) is 8.41 Å². The molecule has 0 amide bonds. The van der Waals surface area contributed by atoms with E-state index in [-0.39, 0.29) is 3.42 Å². The second kappa shape index (κ2) is 3.21. The van der Waals surface area contributed by atoms with Crippen LogP contribution in [-0.2, 0) is 0 Å². The molecule has 1 aliphatic rings. The number of alkyl halides is 1. The maximum Gasteiger partial charge on any atom is 0.158 e. The van der Waals surface area contributed by atoms with E-state index < -0.39 is 0 Å². The first-order valence-electron chi connectivity index (χ1n) is 4.06. The Labute approximate surface area is 90.2 Å². The third kappa shape index (κ3) is 1.96. The number of hydrogen-bond donors (Lipinski definition) is 0. The van der Waals surface area contributed by atoms with Crippen molar-refractivity contribution >= 4 is 28.7 Å². The molecule has 1 aromatic rings. The molecule has 13 heavy (non-hydrogen) atoms. The van der Waals surface area contributed by atoms with Crippen molar-refractivity contribution in [1.82, 2.24) is 4.98 Å². The molecular weight excluding hydrogens is 275 g/mol. The molecule has 0 spiro atoms. The van der Waals surface area contributed by atoms with Crippen LogP contribution in [0.3, 0.4) is 0 Å². The second-order valence-corrected chi connectivity index (χ2v) is 5.48. The molecule has 3 heteroatoms. The van der Waals surface area contributed by atoms with Gasteiger partial charge in [0.15, 0.2) is 5.49 Å². The van der Waals surface area contributed by atoms with E-state index in [1.54, 1.807) is 6.20 Å². The van der Waals surface area contributed by atoms with Crippen LogP contribution in [0, 0.1) is 0 Å². The molecule has 0 aromatic carbocycles. The van der Waals surface area contributed by atoms with Gasteiger partial charge in [-0.05, 0) is 25.1 Å². The lowest BCUT2D eigenvalue weighted by Gasteiger charge is -2.09. The highest BCUT2D eigenvalue weighted by atomic mass is 127. The highest BCUT2D eigenvalue weighted by Crippen LogP contribution is 2.21. The zero-order valence-electron chi connectivity index (χ0n) is 7.24. The van der Waals surface area contributed by atoms with E-state index in [0.717, 1.165) is 10.7 Å². The number of pyridine rings is 1. The zero-order chi connectivity index (χ0) is 9.31. The molecule has 66 valence electrons. The summed E-state index contributed by atoms with van der Waals surface area (Å²) in [6.07, 6.45) is 7.82. The molecular formula is C10H9IN2. The molecule has 1 atom stereocenters. The summed E-state index contributed by atoms with van der Waals surface area (Å²) in [7, 11) is 0. The minimum absolute atomic E-state index is 0.0372. The Hall–Kier alpha value is -0.710. The Morgan fingerprint density at radius 3 is 3.15 bits per heavy atom. The quantitative estimate of drug-likeness (QED) is 0.519. The van der Waals surface area contributed by atoms with Crippen LogP contribution in [0.5, 0.6) is 0 Å².